The van der Waals surface area contributed by atoms with Gasteiger partial charge >= 0.3 is 0 Å². The minimum absolute atomic E-state index is 0.146. The minimum atomic E-state index is -1.12. The first-order chi connectivity index (χ1) is 15.9. The maximum atomic E-state index is 14.2. The first-order valence-corrected chi connectivity index (χ1v) is 10.8. The minimum Gasteiger partial charge on any atom is -0.383 e. The van der Waals surface area contributed by atoms with Gasteiger partial charge in [0.1, 0.15) is 35.5 Å². The Kier molecular flexibility index (Phi) is 5.20. The van der Waals surface area contributed by atoms with Crippen molar-refractivity contribution in [2.75, 3.05) is 11.1 Å². The third-order valence-corrected chi connectivity index (χ3v) is 5.88. The van der Waals surface area contributed by atoms with Gasteiger partial charge in [0.15, 0.2) is 5.82 Å². The first-order valence-electron chi connectivity index (χ1n) is 10.4. The molecule has 1 aliphatic rings. The van der Waals surface area contributed by atoms with Crippen LogP contribution in [0, 0.1) is 6.92 Å². The molecule has 0 unspecified atom stereocenters. The number of nitrogens with one attached hydrogen (secondary N) is 1. The summed E-state index contributed by atoms with van der Waals surface area (Å²) in [7, 11) is 0. The summed E-state index contributed by atoms with van der Waals surface area (Å²) in [5.41, 5.74) is 6.48. The van der Waals surface area contributed by atoms with Crippen LogP contribution in [0.1, 0.15) is 43.5 Å². The first kappa shape index (κ1) is 21.3. The molecule has 3 heterocycles. The summed E-state index contributed by atoms with van der Waals surface area (Å²) >= 11 is 6.28. The zero-order chi connectivity index (χ0) is 23.3. The van der Waals surface area contributed by atoms with Gasteiger partial charge in [0.05, 0.1) is 28.0 Å². The average Bonchev–Trinajstić information content (AvgIpc) is 3.34. The number of aromatic nitrogens is 6. The number of aryl methyl sites for hydroxylation is 1. The highest BCUT2D eigenvalue weighted by atomic mass is 35.5. The van der Waals surface area contributed by atoms with Crippen LogP contribution in [-0.4, -0.2) is 35.8 Å². The van der Waals surface area contributed by atoms with Gasteiger partial charge in [-0.1, -0.05) is 29.7 Å². The summed E-state index contributed by atoms with van der Waals surface area (Å²) in [4.78, 5) is 30.6. The maximum Gasteiger partial charge on any atom is 0.265 e. The van der Waals surface area contributed by atoms with E-state index >= 15 is 0 Å². The van der Waals surface area contributed by atoms with Crippen LogP contribution < -0.4 is 16.6 Å². The molecule has 0 saturated heterocycles. The molecular formula is C21H20ClFN8O2. The molecule has 170 valence electrons. The predicted molar refractivity (Wildman–Crippen MR) is 121 cm³/mol. The number of nitrogens with zero attached hydrogens (tertiary/aromatic N) is 6. The van der Waals surface area contributed by atoms with Gasteiger partial charge in [0.2, 0.25) is 0 Å². The van der Waals surface area contributed by atoms with E-state index in [9.17, 15) is 9.18 Å². The van der Waals surface area contributed by atoms with Gasteiger partial charge in [-0.25, -0.2) is 19.3 Å². The third kappa shape index (κ3) is 3.67. The number of anilines is 2. The molecule has 0 bridgehead atoms. The third-order valence-electron chi connectivity index (χ3n) is 5.57. The van der Waals surface area contributed by atoms with E-state index in [-0.39, 0.29) is 34.1 Å². The lowest BCUT2D eigenvalue weighted by Crippen LogP contribution is -2.29. The largest absolute Gasteiger partial charge is 0.383 e. The molecule has 33 heavy (non-hydrogen) atoms. The van der Waals surface area contributed by atoms with Crippen LogP contribution in [0.5, 0.6) is 0 Å². The van der Waals surface area contributed by atoms with Crippen molar-refractivity contribution in [1.29, 1.82) is 0 Å². The molecule has 1 fully saturated rings. The molecule has 3 atom stereocenters. The summed E-state index contributed by atoms with van der Waals surface area (Å²) < 4.78 is 20.8. The second-order valence-corrected chi connectivity index (χ2v) is 8.24. The molecule has 1 aliphatic carbocycles. The topological polar surface area (TPSA) is 138 Å². The van der Waals surface area contributed by atoms with E-state index in [1.54, 1.807) is 25.1 Å². The molecule has 0 amide bonds. The van der Waals surface area contributed by atoms with Gasteiger partial charge in [0.25, 0.3) is 11.4 Å². The number of hydrogen-bond acceptors (Lipinski definition) is 9. The van der Waals surface area contributed by atoms with Gasteiger partial charge < -0.3 is 15.6 Å². The van der Waals surface area contributed by atoms with E-state index in [2.05, 4.69) is 25.4 Å². The van der Waals surface area contributed by atoms with E-state index in [0.29, 0.717) is 35.0 Å². The smallest absolute Gasteiger partial charge is 0.265 e. The Hall–Kier alpha value is -3.60. The number of nitrogen functional groups attached to an aromatic ring is 1. The van der Waals surface area contributed by atoms with Gasteiger partial charge in [-0.15, -0.1) is 0 Å². The zero-order valence-corrected chi connectivity index (χ0v) is 18.5. The van der Waals surface area contributed by atoms with E-state index in [4.69, 9.17) is 26.8 Å². The van der Waals surface area contributed by atoms with Crippen LogP contribution in [-0.2, 0) is 0 Å². The highest BCUT2D eigenvalue weighted by Crippen LogP contribution is 2.41. The van der Waals surface area contributed by atoms with Crippen molar-refractivity contribution < 1.29 is 8.91 Å². The summed E-state index contributed by atoms with van der Waals surface area (Å²) in [5, 5.41) is 7.62. The Morgan fingerprint density at radius 1 is 1.36 bits per heavy atom. The molecule has 1 aromatic carbocycles. The molecule has 10 nitrogen and oxygen atoms in total. The van der Waals surface area contributed by atoms with E-state index in [1.165, 1.54) is 10.9 Å². The van der Waals surface area contributed by atoms with Gasteiger partial charge in [-0.2, -0.15) is 4.98 Å². The molecular weight excluding hydrogens is 451 g/mol. The predicted octanol–water partition coefficient (Wildman–Crippen LogP) is 3.63. The summed E-state index contributed by atoms with van der Waals surface area (Å²) in [6.07, 6.45) is 0.936. The number of benzene rings is 1. The van der Waals surface area contributed by atoms with Crippen LogP contribution >= 0.6 is 11.6 Å². The number of hydrogen-bond donors (Lipinski definition) is 2. The second-order valence-electron chi connectivity index (χ2n) is 7.83. The summed E-state index contributed by atoms with van der Waals surface area (Å²) in [5.74, 6) is 1.44. The van der Waals surface area contributed by atoms with Crippen molar-refractivity contribution in [2.45, 2.75) is 44.9 Å². The maximum absolute atomic E-state index is 14.2. The van der Waals surface area contributed by atoms with E-state index in [1.807, 2.05) is 6.92 Å². The van der Waals surface area contributed by atoms with Gasteiger partial charge in [-0.05, 0) is 25.5 Å². The molecule has 4 aromatic rings. The highest BCUT2D eigenvalue weighted by Gasteiger charge is 2.42. The average molecular weight is 471 g/mol. The standard InChI is InChI=1S/C21H20ClFN8O2/c1-3-12(28-18-16(17(24)25-8-26-18)20-27-9(2)30-33-20)19-29-13-6-4-5-10(22)15(13)21(32)31(19)14-7-11(14)23/h4-6,8,11-12,14H,3,7H2,1-2H3,(H3,24,25,26,28)/t11-,12-,14+/m0/s1. The summed E-state index contributed by atoms with van der Waals surface area (Å²) in [6, 6.07) is 3.94. The van der Waals surface area contributed by atoms with Crippen molar-refractivity contribution in [3.05, 3.63) is 51.6 Å². The molecule has 0 spiro atoms. The number of alkyl halides is 1. The van der Waals surface area contributed by atoms with Crippen LogP contribution in [0.3, 0.4) is 0 Å². The lowest BCUT2D eigenvalue weighted by atomic mass is 10.1. The molecule has 0 radical (unpaired) electrons. The fraction of sp³-hybridized carbons (Fsp3) is 0.333. The molecule has 3 aromatic heterocycles. The van der Waals surface area contributed by atoms with Crippen LogP contribution in [0.25, 0.3) is 22.4 Å². The Balaban J connectivity index is 1.65. The normalized spacial score (nSPS) is 18.4. The number of nitrogens with two attached hydrogens (primary N) is 1. The monoisotopic (exact) mass is 470 g/mol. The zero-order valence-electron chi connectivity index (χ0n) is 17.8. The molecule has 5 rings (SSSR count). The van der Waals surface area contributed by atoms with Crippen molar-refractivity contribution in [3.63, 3.8) is 0 Å². The number of rotatable bonds is 6. The van der Waals surface area contributed by atoms with Crippen LogP contribution in [0.15, 0.2) is 33.8 Å². The van der Waals surface area contributed by atoms with Crippen molar-refractivity contribution in [2.24, 2.45) is 0 Å². The Morgan fingerprint density at radius 2 is 2.15 bits per heavy atom. The lowest BCUT2D eigenvalue weighted by Gasteiger charge is -2.23. The Bertz CT molecular complexity index is 1420. The van der Waals surface area contributed by atoms with Crippen molar-refractivity contribution >= 4 is 34.1 Å². The second kappa shape index (κ2) is 8.07. The molecule has 1 saturated carbocycles. The SMILES string of the molecule is CC[C@H](Nc1ncnc(N)c1-c1nc(C)no1)c1nc2cccc(Cl)c2c(=O)n1[C@@H]1C[C@@H]1F. The fourth-order valence-corrected chi connectivity index (χ4v) is 4.09. The van der Waals surface area contributed by atoms with E-state index < -0.39 is 18.3 Å². The lowest BCUT2D eigenvalue weighted by molar-refractivity contribution is 0.425. The highest BCUT2D eigenvalue weighted by molar-refractivity contribution is 6.35. The fourth-order valence-electron chi connectivity index (χ4n) is 3.84. The Labute approximate surface area is 192 Å². The van der Waals surface area contributed by atoms with Gasteiger partial charge in [-0.3, -0.25) is 9.36 Å². The number of halogens is 2. The van der Waals surface area contributed by atoms with E-state index in [0.717, 1.165) is 0 Å². The van der Waals surface area contributed by atoms with Crippen molar-refractivity contribution in [3.8, 4) is 11.5 Å². The molecule has 12 heteroatoms. The number of fused-ring (bicyclic) bond motifs is 1. The van der Waals surface area contributed by atoms with Crippen molar-refractivity contribution in [1.82, 2.24) is 29.7 Å². The van der Waals surface area contributed by atoms with Crippen LogP contribution in [0.4, 0.5) is 16.0 Å². The van der Waals surface area contributed by atoms with Crippen LogP contribution in [0.2, 0.25) is 5.02 Å². The van der Waals surface area contributed by atoms with Gasteiger partial charge in [0, 0.05) is 6.42 Å². The molecule has 3 N–H and O–H groups in total. The Morgan fingerprint density at radius 3 is 2.82 bits per heavy atom. The molecule has 0 aliphatic heterocycles. The summed E-state index contributed by atoms with van der Waals surface area (Å²) in [6.45, 7) is 3.60. The quantitative estimate of drug-likeness (QED) is 0.432.